The second-order valence-corrected chi connectivity index (χ2v) is 9.30. The van der Waals surface area contributed by atoms with Crippen LogP contribution in [0.5, 0.6) is 23.1 Å². The molecule has 0 aliphatic carbocycles. The van der Waals surface area contributed by atoms with Crippen molar-refractivity contribution in [3.05, 3.63) is 119 Å². The highest BCUT2D eigenvalue weighted by Gasteiger charge is 2.34. The normalized spacial score (nSPS) is 14.1. The summed E-state index contributed by atoms with van der Waals surface area (Å²) in [4.78, 5) is 9.69. The van der Waals surface area contributed by atoms with Gasteiger partial charge in [0.25, 0.3) is 0 Å². The molecule has 38 heavy (non-hydrogen) atoms. The number of benzene rings is 4. The molecule has 6 aromatic rings. The van der Waals surface area contributed by atoms with E-state index in [0.717, 1.165) is 55.9 Å². The van der Waals surface area contributed by atoms with Gasteiger partial charge in [-0.3, -0.25) is 0 Å². The van der Waals surface area contributed by atoms with Gasteiger partial charge >= 0.3 is 0 Å². The predicted octanol–water partition coefficient (Wildman–Crippen LogP) is 6.17. The van der Waals surface area contributed by atoms with Crippen LogP contribution >= 0.6 is 0 Å². The molecule has 7 rings (SSSR count). The fraction of sp³-hybridized carbons (Fsp3) is 0.129. The van der Waals surface area contributed by atoms with Gasteiger partial charge in [0.1, 0.15) is 23.6 Å². The minimum atomic E-state index is -0.140. The third-order valence-corrected chi connectivity index (χ3v) is 7.11. The van der Waals surface area contributed by atoms with Crippen LogP contribution in [0.3, 0.4) is 0 Å². The lowest BCUT2D eigenvalue weighted by Crippen LogP contribution is -2.15. The zero-order valence-electron chi connectivity index (χ0n) is 21.0. The second kappa shape index (κ2) is 8.88. The maximum atomic E-state index is 6.52. The van der Waals surface area contributed by atoms with Crippen molar-refractivity contribution in [1.29, 1.82) is 0 Å². The number of rotatable bonds is 5. The number of methoxy groups -OCH3 is 2. The molecule has 0 amide bonds. The predicted molar refractivity (Wildman–Crippen MR) is 145 cm³/mol. The molecule has 0 fully saturated rings. The van der Waals surface area contributed by atoms with E-state index in [1.165, 1.54) is 0 Å². The highest BCUT2D eigenvalue weighted by atomic mass is 16.5. The lowest BCUT2D eigenvalue weighted by atomic mass is 9.83. The van der Waals surface area contributed by atoms with Gasteiger partial charge in [-0.15, -0.1) is 5.10 Å². The lowest BCUT2D eigenvalue weighted by molar-refractivity contribution is 0.414. The van der Waals surface area contributed by atoms with Crippen molar-refractivity contribution in [3.8, 4) is 23.1 Å². The maximum Gasteiger partial charge on any atom is 0.228 e. The molecule has 1 atom stereocenters. The molecule has 4 aromatic carbocycles. The van der Waals surface area contributed by atoms with E-state index in [4.69, 9.17) is 29.3 Å². The number of fused-ring (bicyclic) bond motifs is 6. The molecule has 186 valence electrons. The number of nitrogens with zero attached hydrogens (tertiary/aromatic N) is 4. The van der Waals surface area contributed by atoms with E-state index in [9.17, 15) is 0 Å². The molecule has 0 radical (unpaired) electrons. The molecule has 0 saturated heterocycles. The number of hydrogen-bond acceptors (Lipinski definition) is 6. The summed E-state index contributed by atoms with van der Waals surface area (Å²) in [5.74, 6) is 3.57. The Hall–Kier alpha value is -4.91. The molecular weight excluding hydrogens is 476 g/mol. The van der Waals surface area contributed by atoms with Gasteiger partial charge in [-0.2, -0.15) is 0 Å². The van der Waals surface area contributed by atoms with Gasteiger partial charge < -0.3 is 14.2 Å². The van der Waals surface area contributed by atoms with Gasteiger partial charge in [-0.1, -0.05) is 60.7 Å². The van der Waals surface area contributed by atoms with Crippen LogP contribution in [0, 0.1) is 0 Å². The molecule has 1 aliphatic rings. The van der Waals surface area contributed by atoms with E-state index < -0.39 is 0 Å². The Balaban J connectivity index is 1.40. The van der Waals surface area contributed by atoms with Crippen LogP contribution in [0.4, 0.5) is 0 Å². The fourth-order valence-electron chi connectivity index (χ4n) is 5.23. The average molecular weight is 501 g/mol. The summed E-state index contributed by atoms with van der Waals surface area (Å²) in [6.07, 6.45) is 2.27. The molecule has 0 unspecified atom stereocenters. The molecule has 3 heterocycles. The number of hydrogen-bond donors (Lipinski definition) is 0. The number of aromatic nitrogens is 4. The van der Waals surface area contributed by atoms with E-state index in [-0.39, 0.29) is 5.92 Å². The zero-order valence-corrected chi connectivity index (χ0v) is 21.0. The largest absolute Gasteiger partial charge is 0.497 e. The first-order valence-corrected chi connectivity index (χ1v) is 12.4. The van der Waals surface area contributed by atoms with Crippen molar-refractivity contribution in [2.24, 2.45) is 0 Å². The first-order valence-electron chi connectivity index (χ1n) is 12.4. The van der Waals surface area contributed by atoms with Crippen molar-refractivity contribution in [1.82, 2.24) is 19.6 Å². The van der Waals surface area contributed by atoms with Crippen LogP contribution in [0.1, 0.15) is 34.0 Å². The van der Waals surface area contributed by atoms with Crippen LogP contribution in [0.25, 0.3) is 16.4 Å². The standard InChI is InChI=1S/C31H24N4O3/c1-36-22-12-7-19(8-13-22)17-26-33-30-28-27(21-9-14-23(37-2)15-10-21)25-16-11-20-5-3-4-6-24(20)29(25)38-31(28)32-18-35(30)34-26/h3-16,18,27H,17H2,1-2H3/t27-/m0/s1. The summed E-state index contributed by atoms with van der Waals surface area (Å²) in [5, 5.41) is 6.93. The Morgan fingerprint density at radius 3 is 2.34 bits per heavy atom. The minimum absolute atomic E-state index is 0.140. The summed E-state index contributed by atoms with van der Waals surface area (Å²) >= 11 is 0. The first-order chi connectivity index (χ1) is 18.7. The molecular formula is C31H24N4O3. The Kier molecular flexibility index (Phi) is 5.21. The number of ether oxygens (including phenoxy) is 3. The quantitative estimate of drug-likeness (QED) is 0.281. The van der Waals surface area contributed by atoms with Crippen LogP contribution in [0.2, 0.25) is 0 Å². The molecule has 1 aliphatic heterocycles. The second-order valence-electron chi connectivity index (χ2n) is 9.30. The summed E-state index contributed by atoms with van der Waals surface area (Å²) < 4.78 is 19.0. The summed E-state index contributed by atoms with van der Waals surface area (Å²) in [6.45, 7) is 0. The molecule has 0 saturated carbocycles. The van der Waals surface area contributed by atoms with Gasteiger partial charge in [0.15, 0.2) is 11.5 Å². The summed E-state index contributed by atoms with van der Waals surface area (Å²) in [5.41, 5.74) is 4.90. The van der Waals surface area contributed by atoms with Crippen molar-refractivity contribution >= 4 is 16.4 Å². The smallest absolute Gasteiger partial charge is 0.228 e. The minimum Gasteiger partial charge on any atom is -0.497 e. The zero-order chi connectivity index (χ0) is 25.6. The van der Waals surface area contributed by atoms with Crippen LogP contribution < -0.4 is 14.2 Å². The van der Waals surface area contributed by atoms with Crippen LogP contribution in [0.15, 0.2) is 91.3 Å². The molecule has 7 nitrogen and oxygen atoms in total. The molecule has 0 spiro atoms. The molecule has 2 aromatic heterocycles. The average Bonchev–Trinajstić information content (AvgIpc) is 3.39. The summed E-state index contributed by atoms with van der Waals surface area (Å²) in [6, 6.07) is 28.7. The van der Waals surface area contributed by atoms with E-state index in [2.05, 4.69) is 36.4 Å². The maximum absolute atomic E-state index is 6.52. The fourth-order valence-corrected chi connectivity index (χ4v) is 5.23. The van der Waals surface area contributed by atoms with Crippen molar-refractivity contribution in [2.75, 3.05) is 14.2 Å². The highest BCUT2D eigenvalue weighted by Crippen LogP contribution is 2.50. The van der Waals surface area contributed by atoms with Crippen molar-refractivity contribution < 1.29 is 14.2 Å². The van der Waals surface area contributed by atoms with Gasteiger partial charge in [-0.05, 0) is 40.8 Å². The third-order valence-electron chi connectivity index (χ3n) is 7.11. The SMILES string of the molecule is COc1ccc(Cc2nc3c4c(ncn3n2)Oc2c(ccc3ccccc23)[C@@H]4c2ccc(OC)cc2)cc1. The molecule has 0 bridgehead atoms. The monoisotopic (exact) mass is 500 g/mol. The van der Waals surface area contributed by atoms with Gasteiger partial charge in [0.2, 0.25) is 5.88 Å². The Bertz CT molecular complexity index is 1790. The summed E-state index contributed by atoms with van der Waals surface area (Å²) in [7, 11) is 3.34. The van der Waals surface area contributed by atoms with Gasteiger partial charge in [-0.25, -0.2) is 14.5 Å². The van der Waals surface area contributed by atoms with E-state index in [1.807, 2.05) is 48.5 Å². The Morgan fingerprint density at radius 2 is 1.58 bits per heavy atom. The van der Waals surface area contributed by atoms with Crippen molar-refractivity contribution in [3.63, 3.8) is 0 Å². The third kappa shape index (κ3) is 3.63. The van der Waals surface area contributed by atoms with E-state index in [1.54, 1.807) is 25.1 Å². The van der Waals surface area contributed by atoms with Gasteiger partial charge in [0.05, 0.1) is 19.8 Å². The highest BCUT2D eigenvalue weighted by molar-refractivity contribution is 5.91. The van der Waals surface area contributed by atoms with E-state index >= 15 is 0 Å². The van der Waals surface area contributed by atoms with E-state index in [0.29, 0.717) is 18.1 Å². The lowest BCUT2D eigenvalue weighted by Gasteiger charge is -2.28. The first kappa shape index (κ1) is 22.3. The topological polar surface area (TPSA) is 70.8 Å². The Morgan fingerprint density at radius 1 is 0.842 bits per heavy atom. The molecule has 7 heteroatoms. The Labute approximate surface area is 219 Å². The molecule has 0 N–H and O–H groups in total. The van der Waals surface area contributed by atoms with Crippen LogP contribution in [-0.2, 0) is 6.42 Å². The van der Waals surface area contributed by atoms with Crippen molar-refractivity contribution in [2.45, 2.75) is 12.3 Å². The van der Waals surface area contributed by atoms with Crippen LogP contribution in [-0.4, -0.2) is 33.8 Å². The van der Waals surface area contributed by atoms with Gasteiger partial charge in [0, 0.05) is 23.3 Å².